The summed E-state index contributed by atoms with van der Waals surface area (Å²) in [5.41, 5.74) is -0.0696. The first-order valence-electron chi connectivity index (χ1n) is 8.76. The van der Waals surface area contributed by atoms with Gasteiger partial charge in [0, 0.05) is 19.6 Å². The van der Waals surface area contributed by atoms with Crippen molar-refractivity contribution in [2.24, 2.45) is 0 Å². The molecule has 0 saturated carbocycles. The van der Waals surface area contributed by atoms with Gasteiger partial charge in [-0.05, 0) is 44.9 Å². The van der Waals surface area contributed by atoms with Crippen LogP contribution in [0.1, 0.15) is 37.0 Å². The Balaban J connectivity index is 2.14. The van der Waals surface area contributed by atoms with Crippen molar-refractivity contribution in [2.75, 3.05) is 19.6 Å². The minimum absolute atomic E-state index is 0.00882. The van der Waals surface area contributed by atoms with Crippen LogP contribution in [-0.2, 0) is 19.6 Å². The van der Waals surface area contributed by atoms with Crippen LogP contribution in [-0.4, -0.2) is 56.4 Å². The van der Waals surface area contributed by atoms with E-state index >= 15 is 0 Å². The molecule has 1 saturated heterocycles. The maximum absolute atomic E-state index is 12.7. The molecule has 1 aliphatic rings. The molecule has 1 heterocycles. The van der Waals surface area contributed by atoms with E-state index in [1.165, 1.54) is 23.4 Å². The molecule has 0 aromatic heterocycles. The van der Waals surface area contributed by atoms with Gasteiger partial charge in [-0.1, -0.05) is 11.6 Å². The molecule has 2 N–H and O–H groups in total. The second-order valence-corrected chi connectivity index (χ2v) is 8.47. The van der Waals surface area contributed by atoms with Gasteiger partial charge in [0.05, 0.1) is 10.6 Å². The maximum Gasteiger partial charge on any atom is 0.338 e. The first-order valence-corrected chi connectivity index (χ1v) is 10.6. The monoisotopic (exact) mass is 431 g/mol. The molecule has 1 fully saturated rings. The third-order valence-corrected chi connectivity index (χ3v) is 6.46. The summed E-state index contributed by atoms with van der Waals surface area (Å²) in [5, 5.41) is 4.40. The molecule has 2 rings (SSSR count). The number of carbonyl (C=O) groups excluding carboxylic acids is 3. The Hall–Kier alpha value is -2.17. The first kappa shape index (κ1) is 22.1. The van der Waals surface area contributed by atoms with Crippen LogP contribution in [0.2, 0.25) is 5.02 Å². The number of benzene rings is 1. The van der Waals surface area contributed by atoms with E-state index in [0.29, 0.717) is 19.6 Å². The molecule has 11 heteroatoms. The van der Waals surface area contributed by atoms with Crippen molar-refractivity contribution in [3.8, 4) is 0 Å². The van der Waals surface area contributed by atoms with Crippen LogP contribution in [0.25, 0.3) is 0 Å². The molecule has 1 atom stereocenters. The summed E-state index contributed by atoms with van der Waals surface area (Å²) in [5.74, 6) is -1.72. The van der Waals surface area contributed by atoms with Gasteiger partial charge >= 0.3 is 12.0 Å². The van der Waals surface area contributed by atoms with Crippen LogP contribution in [0.15, 0.2) is 23.1 Å². The largest absolute Gasteiger partial charge is 0.449 e. The number of amides is 3. The van der Waals surface area contributed by atoms with Crippen molar-refractivity contribution in [1.82, 2.24) is 14.9 Å². The number of hydrogen-bond donors (Lipinski definition) is 2. The normalized spacial score (nSPS) is 15.7. The molecule has 28 heavy (non-hydrogen) atoms. The highest BCUT2D eigenvalue weighted by Crippen LogP contribution is 2.28. The van der Waals surface area contributed by atoms with Crippen molar-refractivity contribution < 1.29 is 27.5 Å². The summed E-state index contributed by atoms with van der Waals surface area (Å²) in [7, 11) is -3.83. The van der Waals surface area contributed by atoms with E-state index in [9.17, 15) is 22.8 Å². The molecule has 0 aliphatic carbocycles. The number of ether oxygens (including phenoxy) is 1. The summed E-state index contributed by atoms with van der Waals surface area (Å²) >= 11 is 6.04. The molecule has 0 unspecified atom stereocenters. The van der Waals surface area contributed by atoms with E-state index < -0.39 is 34.0 Å². The van der Waals surface area contributed by atoms with Crippen LogP contribution < -0.4 is 10.6 Å². The number of hydrogen-bond acceptors (Lipinski definition) is 6. The number of rotatable bonds is 6. The predicted molar refractivity (Wildman–Crippen MR) is 102 cm³/mol. The minimum atomic E-state index is -3.83. The summed E-state index contributed by atoms with van der Waals surface area (Å²) < 4.78 is 31.8. The van der Waals surface area contributed by atoms with Crippen LogP contribution in [0, 0.1) is 0 Å². The van der Waals surface area contributed by atoms with E-state index in [1.54, 1.807) is 6.92 Å². The van der Waals surface area contributed by atoms with Gasteiger partial charge in [0.15, 0.2) is 6.10 Å². The summed E-state index contributed by atoms with van der Waals surface area (Å²) in [6.07, 6.45) is 0.262. The molecule has 1 aromatic carbocycles. The van der Waals surface area contributed by atoms with Crippen molar-refractivity contribution >= 4 is 39.5 Å². The highest BCUT2D eigenvalue weighted by atomic mass is 35.5. The van der Waals surface area contributed by atoms with Crippen LogP contribution in [0.3, 0.4) is 0 Å². The van der Waals surface area contributed by atoms with Crippen molar-refractivity contribution in [3.05, 3.63) is 28.8 Å². The molecule has 0 spiro atoms. The van der Waals surface area contributed by atoms with Crippen LogP contribution in [0.4, 0.5) is 4.79 Å². The van der Waals surface area contributed by atoms with E-state index in [0.717, 1.165) is 18.9 Å². The molecule has 3 amide bonds. The molecule has 0 bridgehead atoms. The molecule has 1 aliphatic heterocycles. The summed E-state index contributed by atoms with van der Waals surface area (Å²) in [6, 6.07) is 3.02. The summed E-state index contributed by atoms with van der Waals surface area (Å²) in [4.78, 5) is 35.4. The van der Waals surface area contributed by atoms with Gasteiger partial charge < -0.3 is 10.1 Å². The Morgan fingerprint density at radius 2 is 1.89 bits per heavy atom. The number of nitrogens with one attached hydrogen (secondary N) is 2. The first-order chi connectivity index (χ1) is 13.2. The number of nitrogens with zero attached hydrogens (tertiary/aromatic N) is 1. The van der Waals surface area contributed by atoms with Gasteiger partial charge in [-0.15, -0.1) is 0 Å². The molecule has 1 aromatic rings. The highest BCUT2D eigenvalue weighted by molar-refractivity contribution is 7.89. The SMILES string of the molecule is CCNC(=O)NC(=O)[C@H](C)OC(=O)c1ccc(Cl)c(S(=O)(=O)N2CCCC2)c1. The predicted octanol–water partition coefficient (Wildman–Crippen LogP) is 1.52. The number of sulfonamides is 1. The lowest BCUT2D eigenvalue weighted by Gasteiger charge is -2.17. The second-order valence-electron chi connectivity index (χ2n) is 6.15. The smallest absolute Gasteiger partial charge is 0.338 e. The minimum Gasteiger partial charge on any atom is -0.449 e. The van der Waals surface area contributed by atoms with Gasteiger partial charge in [-0.25, -0.2) is 18.0 Å². The Labute approximate surface area is 168 Å². The highest BCUT2D eigenvalue weighted by Gasteiger charge is 2.30. The zero-order valence-electron chi connectivity index (χ0n) is 15.5. The van der Waals surface area contributed by atoms with Crippen LogP contribution in [0.5, 0.6) is 0 Å². The fourth-order valence-electron chi connectivity index (χ4n) is 2.60. The van der Waals surface area contributed by atoms with Crippen LogP contribution >= 0.6 is 11.6 Å². The van der Waals surface area contributed by atoms with Crippen molar-refractivity contribution in [3.63, 3.8) is 0 Å². The van der Waals surface area contributed by atoms with Crippen molar-refractivity contribution in [2.45, 2.75) is 37.7 Å². The Bertz CT molecular complexity index is 868. The Morgan fingerprint density at radius 1 is 1.25 bits per heavy atom. The standard InChI is InChI=1S/C17H22ClN3O6S/c1-3-19-17(24)20-15(22)11(2)27-16(23)12-6-7-13(18)14(10-12)28(25,26)21-8-4-5-9-21/h6-7,10-11H,3-5,8-9H2,1-2H3,(H2,19,20,22,24)/t11-/m0/s1. The number of urea groups is 1. The molecule has 9 nitrogen and oxygen atoms in total. The molecular weight excluding hydrogens is 410 g/mol. The average Bonchev–Trinajstić information content (AvgIpc) is 3.17. The number of esters is 1. The lowest BCUT2D eigenvalue weighted by molar-refractivity contribution is -0.127. The van der Waals surface area contributed by atoms with Crippen molar-refractivity contribution in [1.29, 1.82) is 0 Å². The van der Waals surface area contributed by atoms with Gasteiger partial charge in [0.1, 0.15) is 4.90 Å². The quantitative estimate of drug-likeness (QED) is 0.658. The topological polar surface area (TPSA) is 122 Å². The zero-order valence-corrected chi connectivity index (χ0v) is 17.1. The van der Waals surface area contributed by atoms with Gasteiger partial charge in [-0.2, -0.15) is 4.31 Å². The number of carbonyl (C=O) groups is 3. The third-order valence-electron chi connectivity index (χ3n) is 4.08. The van der Waals surface area contributed by atoms with E-state index in [2.05, 4.69) is 5.32 Å². The van der Waals surface area contributed by atoms with E-state index in [1.807, 2.05) is 5.32 Å². The maximum atomic E-state index is 12.7. The molecule has 0 radical (unpaired) electrons. The van der Waals surface area contributed by atoms with Gasteiger partial charge in [0.25, 0.3) is 5.91 Å². The van der Waals surface area contributed by atoms with Gasteiger partial charge in [-0.3, -0.25) is 10.1 Å². The fraction of sp³-hybridized carbons (Fsp3) is 0.471. The molecular formula is C17H22ClN3O6S. The number of halogens is 1. The lowest BCUT2D eigenvalue weighted by Crippen LogP contribution is -2.44. The Morgan fingerprint density at radius 3 is 2.50 bits per heavy atom. The molecule has 154 valence electrons. The number of imide groups is 1. The Kier molecular flexibility index (Phi) is 7.39. The average molecular weight is 432 g/mol. The van der Waals surface area contributed by atoms with Gasteiger partial charge in [0.2, 0.25) is 10.0 Å². The second kappa shape index (κ2) is 9.35. The zero-order chi connectivity index (χ0) is 20.9. The summed E-state index contributed by atoms with van der Waals surface area (Å²) in [6.45, 7) is 4.09. The van der Waals surface area contributed by atoms with E-state index in [-0.39, 0.29) is 15.5 Å². The fourth-order valence-corrected chi connectivity index (χ4v) is 4.61. The third kappa shape index (κ3) is 5.21. The lowest BCUT2D eigenvalue weighted by atomic mass is 10.2. The van der Waals surface area contributed by atoms with E-state index in [4.69, 9.17) is 16.3 Å².